The minimum Gasteiger partial charge on any atom is -0.394 e. The lowest BCUT2D eigenvalue weighted by molar-refractivity contribution is -0.124. The number of nitrogens with one attached hydrogen (secondary N) is 1. The number of aryl methyl sites for hydroxylation is 1. The predicted molar refractivity (Wildman–Crippen MR) is 64.1 cm³/mol. The van der Waals surface area contributed by atoms with Crippen LogP contribution in [0.25, 0.3) is 0 Å². The minimum atomic E-state index is -0.763. The van der Waals surface area contributed by atoms with Crippen LogP contribution in [-0.4, -0.2) is 32.9 Å². The number of aliphatic hydroxyl groups excluding tert-OH is 1. The van der Waals surface area contributed by atoms with Crippen molar-refractivity contribution < 1.29 is 9.90 Å². The van der Waals surface area contributed by atoms with Crippen LogP contribution in [0, 0.1) is 0 Å². The zero-order valence-electron chi connectivity index (χ0n) is 10.5. The Balaban J connectivity index is 2.71. The average Bonchev–Trinajstić information content (AvgIpc) is 2.74. The van der Waals surface area contributed by atoms with E-state index < -0.39 is 11.6 Å². The van der Waals surface area contributed by atoms with Gasteiger partial charge in [0.1, 0.15) is 6.04 Å². The topological polar surface area (TPSA) is 93.2 Å². The summed E-state index contributed by atoms with van der Waals surface area (Å²) in [6.07, 6.45) is 3.90. The molecule has 6 heteroatoms. The molecule has 1 amide bonds. The second-order valence-electron chi connectivity index (χ2n) is 4.49. The Hall–Kier alpha value is -1.40. The van der Waals surface area contributed by atoms with E-state index in [1.54, 1.807) is 31.0 Å². The lowest BCUT2D eigenvalue weighted by atomic mass is 9.99. The van der Waals surface area contributed by atoms with Crippen molar-refractivity contribution in [2.75, 3.05) is 6.61 Å². The number of aliphatic hydroxyl groups is 1. The molecule has 0 saturated carbocycles. The standard InChI is InChI=1S/C11H20N4O2/c1-4-11(2,7-16)14-10(17)9(12)8-5-13-15(3)6-8/h5-6,9,16H,4,7,12H2,1-3H3,(H,14,17). The summed E-state index contributed by atoms with van der Waals surface area (Å²) in [5.74, 6) is -0.309. The highest BCUT2D eigenvalue weighted by atomic mass is 16.3. The fourth-order valence-electron chi connectivity index (χ4n) is 1.37. The lowest BCUT2D eigenvalue weighted by Crippen LogP contribution is -2.51. The van der Waals surface area contributed by atoms with Crippen LogP contribution in [0.3, 0.4) is 0 Å². The summed E-state index contributed by atoms with van der Waals surface area (Å²) in [7, 11) is 1.76. The molecule has 0 fully saturated rings. The third-order valence-corrected chi connectivity index (χ3v) is 2.92. The highest BCUT2D eigenvalue weighted by Gasteiger charge is 2.27. The van der Waals surface area contributed by atoms with E-state index in [1.165, 1.54) is 0 Å². The molecule has 17 heavy (non-hydrogen) atoms. The molecule has 2 unspecified atom stereocenters. The van der Waals surface area contributed by atoms with Crippen LogP contribution in [0.15, 0.2) is 12.4 Å². The van der Waals surface area contributed by atoms with Crippen molar-refractivity contribution in [2.45, 2.75) is 31.8 Å². The van der Waals surface area contributed by atoms with Crippen LogP contribution in [0.1, 0.15) is 31.9 Å². The van der Waals surface area contributed by atoms with E-state index in [0.29, 0.717) is 12.0 Å². The van der Waals surface area contributed by atoms with Gasteiger partial charge in [-0.2, -0.15) is 5.10 Å². The van der Waals surface area contributed by atoms with E-state index in [9.17, 15) is 9.90 Å². The predicted octanol–water partition coefficient (Wildman–Crippen LogP) is -0.303. The fraction of sp³-hybridized carbons (Fsp3) is 0.636. The monoisotopic (exact) mass is 240 g/mol. The van der Waals surface area contributed by atoms with Crippen LogP contribution in [-0.2, 0) is 11.8 Å². The summed E-state index contributed by atoms with van der Waals surface area (Å²) in [4.78, 5) is 11.9. The summed E-state index contributed by atoms with van der Waals surface area (Å²) in [5.41, 5.74) is 5.85. The highest BCUT2D eigenvalue weighted by molar-refractivity contribution is 5.83. The molecular formula is C11H20N4O2. The summed E-state index contributed by atoms with van der Waals surface area (Å²) < 4.78 is 1.59. The van der Waals surface area contributed by atoms with Gasteiger partial charge in [-0.1, -0.05) is 6.92 Å². The number of amides is 1. The van der Waals surface area contributed by atoms with Crippen molar-refractivity contribution in [3.63, 3.8) is 0 Å². The number of hydrogen-bond donors (Lipinski definition) is 3. The first-order chi connectivity index (χ1) is 7.91. The Morgan fingerprint density at radius 3 is 2.82 bits per heavy atom. The van der Waals surface area contributed by atoms with Crippen LogP contribution >= 0.6 is 0 Å². The second kappa shape index (κ2) is 5.29. The van der Waals surface area contributed by atoms with Gasteiger partial charge in [-0.15, -0.1) is 0 Å². The molecule has 0 radical (unpaired) electrons. The second-order valence-corrected chi connectivity index (χ2v) is 4.49. The Kier molecular flexibility index (Phi) is 4.25. The molecule has 0 spiro atoms. The van der Waals surface area contributed by atoms with E-state index in [4.69, 9.17) is 5.73 Å². The molecule has 6 nitrogen and oxygen atoms in total. The quantitative estimate of drug-likeness (QED) is 0.658. The average molecular weight is 240 g/mol. The summed E-state index contributed by atoms with van der Waals surface area (Å²) in [5, 5.41) is 15.9. The molecule has 0 aliphatic rings. The molecule has 2 atom stereocenters. The molecule has 1 aromatic rings. The van der Waals surface area contributed by atoms with E-state index in [2.05, 4.69) is 10.4 Å². The Labute approximate surface area is 101 Å². The molecule has 0 aliphatic carbocycles. The van der Waals surface area contributed by atoms with Crippen molar-refractivity contribution in [3.8, 4) is 0 Å². The van der Waals surface area contributed by atoms with Gasteiger partial charge in [0.15, 0.2) is 0 Å². The van der Waals surface area contributed by atoms with Gasteiger partial charge in [0.05, 0.1) is 18.3 Å². The largest absolute Gasteiger partial charge is 0.394 e. The van der Waals surface area contributed by atoms with Gasteiger partial charge >= 0.3 is 0 Å². The molecule has 0 aliphatic heterocycles. The van der Waals surface area contributed by atoms with E-state index in [1.807, 2.05) is 6.92 Å². The minimum absolute atomic E-state index is 0.116. The number of hydrogen-bond acceptors (Lipinski definition) is 4. The smallest absolute Gasteiger partial charge is 0.242 e. The highest BCUT2D eigenvalue weighted by Crippen LogP contribution is 2.13. The third-order valence-electron chi connectivity index (χ3n) is 2.92. The van der Waals surface area contributed by atoms with Gasteiger partial charge in [-0.3, -0.25) is 9.48 Å². The molecule has 1 heterocycles. The molecular weight excluding hydrogens is 220 g/mol. The van der Waals surface area contributed by atoms with Gasteiger partial charge in [0.25, 0.3) is 0 Å². The normalized spacial score (nSPS) is 16.3. The van der Waals surface area contributed by atoms with Gasteiger partial charge in [0, 0.05) is 18.8 Å². The van der Waals surface area contributed by atoms with Gasteiger partial charge < -0.3 is 16.2 Å². The Morgan fingerprint density at radius 2 is 2.41 bits per heavy atom. The Bertz CT molecular complexity index is 385. The first kappa shape index (κ1) is 13.7. The Morgan fingerprint density at radius 1 is 1.76 bits per heavy atom. The summed E-state index contributed by atoms with van der Waals surface area (Å²) in [6, 6.07) is -0.763. The van der Waals surface area contributed by atoms with Crippen LogP contribution < -0.4 is 11.1 Å². The van der Waals surface area contributed by atoms with Gasteiger partial charge in [0.2, 0.25) is 5.91 Å². The van der Waals surface area contributed by atoms with Crippen molar-refractivity contribution in [1.82, 2.24) is 15.1 Å². The zero-order chi connectivity index (χ0) is 13.1. The van der Waals surface area contributed by atoms with E-state index >= 15 is 0 Å². The molecule has 0 saturated heterocycles. The number of carbonyl (C=O) groups excluding carboxylic acids is 1. The number of carbonyl (C=O) groups is 1. The SMILES string of the molecule is CCC(C)(CO)NC(=O)C(N)c1cnn(C)c1. The maximum Gasteiger partial charge on any atom is 0.242 e. The maximum atomic E-state index is 11.9. The van der Waals surface area contributed by atoms with Crippen molar-refractivity contribution in [2.24, 2.45) is 12.8 Å². The molecule has 0 bridgehead atoms. The number of aromatic nitrogens is 2. The van der Waals surface area contributed by atoms with E-state index in [0.717, 1.165) is 0 Å². The van der Waals surface area contributed by atoms with Crippen molar-refractivity contribution in [1.29, 1.82) is 0 Å². The summed E-state index contributed by atoms with van der Waals surface area (Å²) >= 11 is 0. The summed E-state index contributed by atoms with van der Waals surface area (Å²) in [6.45, 7) is 3.56. The molecule has 1 rings (SSSR count). The van der Waals surface area contributed by atoms with Gasteiger partial charge in [-0.05, 0) is 13.3 Å². The van der Waals surface area contributed by atoms with Crippen LogP contribution in [0.4, 0.5) is 0 Å². The first-order valence-corrected chi connectivity index (χ1v) is 5.59. The zero-order valence-corrected chi connectivity index (χ0v) is 10.5. The number of nitrogens with two attached hydrogens (primary N) is 1. The van der Waals surface area contributed by atoms with Crippen molar-refractivity contribution >= 4 is 5.91 Å². The van der Waals surface area contributed by atoms with Gasteiger partial charge in [-0.25, -0.2) is 0 Å². The van der Waals surface area contributed by atoms with Crippen LogP contribution in [0.5, 0.6) is 0 Å². The number of rotatable bonds is 5. The fourth-order valence-corrected chi connectivity index (χ4v) is 1.37. The molecule has 1 aromatic heterocycles. The maximum absolute atomic E-state index is 11.9. The molecule has 4 N–H and O–H groups in total. The molecule has 96 valence electrons. The van der Waals surface area contributed by atoms with Crippen LogP contribution in [0.2, 0.25) is 0 Å². The lowest BCUT2D eigenvalue weighted by Gasteiger charge is -2.28. The van der Waals surface area contributed by atoms with Crippen molar-refractivity contribution in [3.05, 3.63) is 18.0 Å². The molecule has 0 aromatic carbocycles. The van der Waals surface area contributed by atoms with E-state index in [-0.39, 0.29) is 12.5 Å². The third kappa shape index (κ3) is 3.28. The number of nitrogens with zero attached hydrogens (tertiary/aromatic N) is 2. The first-order valence-electron chi connectivity index (χ1n) is 5.59.